The molecule has 0 bridgehead atoms. The van der Waals surface area contributed by atoms with Crippen LogP contribution in [0.15, 0.2) is 36.9 Å². The molecule has 3 nitrogen and oxygen atoms in total. The number of nitrogens with two attached hydrogens (primary N) is 1. The summed E-state index contributed by atoms with van der Waals surface area (Å²) in [7, 11) is 0. The molecule has 0 radical (unpaired) electrons. The van der Waals surface area contributed by atoms with Crippen molar-refractivity contribution in [2.45, 2.75) is 0 Å². The first kappa shape index (κ1) is 8.97. The fourth-order valence-electron chi connectivity index (χ4n) is 1.21. The second kappa shape index (κ2) is 3.64. The first-order valence-corrected chi connectivity index (χ1v) is 4.46. The maximum Gasteiger partial charge on any atom is 0.0824 e. The largest absolute Gasteiger partial charge is 0.397 e. The van der Waals surface area contributed by atoms with Gasteiger partial charge < -0.3 is 5.73 Å². The third-order valence-corrected chi connectivity index (χ3v) is 2.23. The van der Waals surface area contributed by atoms with E-state index in [1.54, 1.807) is 18.6 Å². The van der Waals surface area contributed by atoms with Gasteiger partial charge >= 0.3 is 0 Å². The van der Waals surface area contributed by atoms with Crippen LogP contribution in [0.5, 0.6) is 0 Å². The lowest BCUT2D eigenvalue weighted by Crippen LogP contribution is -1.92. The maximum absolute atomic E-state index is 5.86. The van der Waals surface area contributed by atoms with E-state index in [0.717, 1.165) is 11.1 Å². The molecule has 0 fully saturated rings. The summed E-state index contributed by atoms with van der Waals surface area (Å²) in [5, 5.41) is 0.472. The quantitative estimate of drug-likeness (QED) is 0.778. The molecule has 0 spiro atoms. The summed E-state index contributed by atoms with van der Waals surface area (Å²) in [5.74, 6) is 0. The highest BCUT2D eigenvalue weighted by atomic mass is 35.5. The van der Waals surface area contributed by atoms with Gasteiger partial charge in [0.25, 0.3) is 0 Å². The summed E-state index contributed by atoms with van der Waals surface area (Å²) in [6.07, 6.45) is 6.63. The Bertz CT molecular complexity index is 442. The average Bonchev–Trinajstić information content (AvgIpc) is 2.23. The molecule has 2 heterocycles. The molecule has 70 valence electrons. The molecule has 0 atom stereocenters. The second-order valence-corrected chi connectivity index (χ2v) is 3.23. The van der Waals surface area contributed by atoms with Crippen molar-refractivity contribution in [3.8, 4) is 11.1 Å². The zero-order valence-corrected chi connectivity index (χ0v) is 8.07. The Labute approximate surface area is 86.6 Å². The zero-order valence-electron chi connectivity index (χ0n) is 7.31. The van der Waals surface area contributed by atoms with Gasteiger partial charge in [0.15, 0.2) is 0 Å². The minimum atomic E-state index is 0.472. The Morgan fingerprint density at radius 2 is 1.79 bits per heavy atom. The van der Waals surface area contributed by atoms with E-state index in [9.17, 15) is 0 Å². The monoisotopic (exact) mass is 205 g/mol. The molecule has 0 aromatic carbocycles. The Hall–Kier alpha value is -1.61. The minimum absolute atomic E-state index is 0.472. The molecule has 0 aliphatic carbocycles. The Morgan fingerprint density at radius 1 is 1.07 bits per heavy atom. The Balaban J connectivity index is 2.58. The van der Waals surface area contributed by atoms with Crippen molar-refractivity contribution in [1.29, 1.82) is 0 Å². The van der Waals surface area contributed by atoms with Crippen molar-refractivity contribution in [1.82, 2.24) is 9.97 Å². The Morgan fingerprint density at radius 3 is 2.50 bits per heavy atom. The lowest BCUT2D eigenvalue weighted by atomic mass is 10.1. The third kappa shape index (κ3) is 1.54. The van der Waals surface area contributed by atoms with Gasteiger partial charge in [-0.1, -0.05) is 11.6 Å². The van der Waals surface area contributed by atoms with E-state index in [4.69, 9.17) is 17.3 Å². The van der Waals surface area contributed by atoms with E-state index in [2.05, 4.69) is 9.97 Å². The molecular formula is C10H8ClN3. The lowest BCUT2D eigenvalue weighted by Gasteiger charge is -2.05. The molecule has 2 N–H and O–H groups in total. The van der Waals surface area contributed by atoms with E-state index < -0.39 is 0 Å². The van der Waals surface area contributed by atoms with E-state index in [-0.39, 0.29) is 0 Å². The molecule has 0 unspecified atom stereocenters. The molecule has 2 aromatic rings. The highest BCUT2D eigenvalue weighted by molar-refractivity contribution is 6.33. The van der Waals surface area contributed by atoms with Gasteiger partial charge in [-0.05, 0) is 17.7 Å². The molecule has 0 amide bonds. The zero-order chi connectivity index (χ0) is 9.97. The molecule has 0 aliphatic rings. The number of hydrogen-bond acceptors (Lipinski definition) is 3. The number of rotatable bonds is 1. The number of aromatic nitrogens is 2. The van der Waals surface area contributed by atoms with Crippen LogP contribution >= 0.6 is 11.6 Å². The van der Waals surface area contributed by atoms with E-state index in [0.29, 0.717) is 10.7 Å². The van der Waals surface area contributed by atoms with Crippen LogP contribution in [-0.2, 0) is 0 Å². The van der Waals surface area contributed by atoms with Crippen LogP contribution in [0.3, 0.4) is 0 Å². The van der Waals surface area contributed by atoms with Crippen LogP contribution in [0.4, 0.5) is 5.69 Å². The first-order chi connectivity index (χ1) is 6.79. The smallest absolute Gasteiger partial charge is 0.0824 e. The van der Waals surface area contributed by atoms with Gasteiger partial charge in [-0.3, -0.25) is 9.97 Å². The number of pyridine rings is 2. The van der Waals surface area contributed by atoms with Crippen molar-refractivity contribution in [2.75, 3.05) is 5.73 Å². The molecule has 4 heteroatoms. The SMILES string of the molecule is Nc1c(Cl)cncc1-c1ccncc1. The standard InChI is InChI=1S/C10H8ClN3/c11-9-6-14-5-8(10(9)12)7-1-3-13-4-2-7/h1-6H,(H2,12,14). The van der Waals surface area contributed by atoms with Gasteiger partial charge in [0.05, 0.1) is 10.7 Å². The normalized spacial score (nSPS) is 10.1. The summed E-state index contributed by atoms with van der Waals surface area (Å²) in [6, 6.07) is 3.73. The van der Waals surface area contributed by atoms with Gasteiger partial charge in [-0.25, -0.2) is 0 Å². The van der Waals surface area contributed by atoms with Crippen LogP contribution in [0, 0.1) is 0 Å². The summed E-state index contributed by atoms with van der Waals surface area (Å²) >= 11 is 5.86. The van der Waals surface area contributed by atoms with Gasteiger partial charge in [0.2, 0.25) is 0 Å². The maximum atomic E-state index is 5.86. The van der Waals surface area contributed by atoms with Gasteiger partial charge in [0, 0.05) is 30.4 Å². The summed E-state index contributed by atoms with van der Waals surface area (Å²) < 4.78 is 0. The van der Waals surface area contributed by atoms with Crippen molar-refractivity contribution >= 4 is 17.3 Å². The fourth-order valence-corrected chi connectivity index (χ4v) is 1.36. The van der Waals surface area contributed by atoms with Crippen molar-refractivity contribution < 1.29 is 0 Å². The summed E-state index contributed by atoms with van der Waals surface area (Å²) in [5.41, 5.74) is 8.17. The minimum Gasteiger partial charge on any atom is -0.397 e. The molecule has 2 aromatic heterocycles. The summed E-state index contributed by atoms with van der Waals surface area (Å²) in [6.45, 7) is 0. The summed E-state index contributed by atoms with van der Waals surface area (Å²) in [4.78, 5) is 7.92. The van der Waals surface area contributed by atoms with E-state index >= 15 is 0 Å². The third-order valence-electron chi connectivity index (χ3n) is 1.93. The highest BCUT2D eigenvalue weighted by Gasteiger charge is 2.05. The topological polar surface area (TPSA) is 51.8 Å². The number of nitrogens with zero attached hydrogens (tertiary/aromatic N) is 2. The number of halogens is 1. The molecule has 0 saturated heterocycles. The molecule has 0 aliphatic heterocycles. The van der Waals surface area contributed by atoms with Crippen LogP contribution in [-0.4, -0.2) is 9.97 Å². The predicted molar refractivity (Wildman–Crippen MR) is 56.9 cm³/mol. The second-order valence-electron chi connectivity index (χ2n) is 2.82. The van der Waals surface area contributed by atoms with Gasteiger partial charge in [-0.2, -0.15) is 0 Å². The highest BCUT2D eigenvalue weighted by Crippen LogP contribution is 2.29. The molecular weight excluding hydrogens is 198 g/mol. The van der Waals surface area contributed by atoms with Crippen molar-refractivity contribution in [3.05, 3.63) is 41.9 Å². The lowest BCUT2D eigenvalue weighted by molar-refractivity contribution is 1.30. The van der Waals surface area contributed by atoms with Gasteiger partial charge in [0.1, 0.15) is 0 Å². The van der Waals surface area contributed by atoms with E-state index in [1.807, 2.05) is 12.1 Å². The van der Waals surface area contributed by atoms with Crippen LogP contribution in [0.2, 0.25) is 5.02 Å². The van der Waals surface area contributed by atoms with E-state index in [1.165, 1.54) is 6.20 Å². The van der Waals surface area contributed by atoms with Crippen molar-refractivity contribution in [2.24, 2.45) is 0 Å². The number of hydrogen-bond donors (Lipinski definition) is 1. The first-order valence-electron chi connectivity index (χ1n) is 4.08. The number of nitrogen functional groups attached to an aromatic ring is 1. The molecule has 0 saturated carbocycles. The van der Waals surface area contributed by atoms with Gasteiger partial charge in [-0.15, -0.1) is 0 Å². The predicted octanol–water partition coefficient (Wildman–Crippen LogP) is 2.38. The average molecular weight is 206 g/mol. The molecule has 14 heavy (non-hydrogen) atoms. The van der Waals surface area contributed by atoms with Crippen LogP contribution < -0.4 is 5.73 Å². The number of anilines is 1. The van der Waals surface area contributed by atoms with Crippen LogP contribution in [0.25, 0.3) is 11.1 Å². The van der Waals surface area contributed by atoms with Crippen molar-refractivity contribution in [3.63, 3.8) is 0 Å². The Kier molecular flexibility index (Phi) is 2.33. The molecule has 2 rings (SSSR count). The van der Waals surface area contributed by atoms with Crippen LogP contribution in [0.1, 0.15) is 0 Å². The fraction of sp³-hybridized carbons (Fsp3) is 0.